The molecule has 140 valence electrons. The fourth-order valence-corrected chi connectivity index (χ4v) is 3.75. The highest BCUT2D eigenvalue weighted by molar-refractivity contribution is 5.96. The van der Waals surface area contributed by atoms with Crippen molar-refractivity contribution < 1.29 is 9.90 Å². The van der Waals surface area contributed by atoms with Crippen molar-refractivity contribution in [3.8, 4) is 5.69 Å². The summed E-state index contributed by atoms with van der Waals surface area (Å²) in [5, 5.41) is 17.5. The third-order valence-electron chi connectivity index (χ3n) is 5.11. The van der Waals surface area contributed by atoms with Crippen molar-refractivity contribution in [3.63, 3.8) is 0 Å². The van der Waals surface area contributed by atoms with Crippen LogP contribution < -0.4 is 5.32 Å². The fraction of sp³-hybridized carbons (Fsp3) is 0.368. The monoisotopic (exact) mass is 366 g/mol. The van der Waals surface area contributed by atoms with Crippen LogP contribution in [0.5, 0.6) is 0 Å². The Morgan fingerprint density at radius 3 is 2.89 bits per heavy atom. The average Bonchev–Trinajstić information content (AvgIpc) is 3.39. The number of rotatable bonds is 5. The number of amides is 1. The van der Waals surface area contributed by atoms with Crippen molar-refractivity contribution in [2.75, 3.05) is 0 Å². The average molecular weight is 366 g/mol. The molecule has 27 heavy (non-hydrogen) atoms. The van der Waals surface area contributed by atoms with Crippen LogP contribution >= 0.6 is 0 Å². The highest BCUT2D eigenvalue weighted by atomic mass is 16.3. The third kappa shape index (κ3) is 3.75. The van der Waals surface area contributed by atoms with Gasteiger partial charge in [0.15, 0.2) is 0 Å². The summed E-state index contributed by atoms with van der Waals surface area (Å²) in [6, 6.07) is 5.28. The second kappa shape index (κ2) is 7.32. The maximum Gasteiger partial charge on any atom is 0.251 e. The number of hydrogen-bond acceptors (Lipinski definition) is 5. The lowest BCUT2D eigenvalue weighted by Gasteiger charge is -2.17. The van der Waals surface area contributed by atoms with Gasteiger partial charge < -0.3 is 15.0 Å². The zero-order chi connectivity index (χ0) is 18.8. The maximum absolute atomic E-state index is 12.7. The van der Waals surface area contributed by atoms with Gasteiger partial charge in [-0.15, -0.1) is 0 Å². The number of benzene rings is 1. The summed E-state index contributed by atoms with van der Waals surface area (Å²) in [5.41, 5.74) is 2.30. The van der Waals surface area contributed by atoms with Crippen molar-refractivity contribution in [1.29, 1.82) is 0 Å². The lowest BCUT2D eigenvalue weighted by molar-refractivity contribution is 0.0872. The molecule has 2 N–H and O–H groups in total. The van der Waals surface area contributed by atoms with Gasteiger partial charge in [0.05, 0.1) is 24.2 Å². The lowest BCUT2D eigenvalue weighted by Crippen LogP contribution is -2.40. The van der Waals surface area contributed by atoms with Crippen LogP contribution in [0.25, 0.3) is 5.69 Å². The van der Waals surface area contributed by atoms with Crippen molar-refractivity contribution in [3.05, 3.63) is 60.7 Å². The van der Waals surface area contributed by atoms with Gasteiger partial charge in [-0.05, 0) is 49.4 Å². The molecule has 0 saturated heterocycles. The van der Waals surface area contributed by atoms with Crippen molar-refractivity contribution >= 4 is 5.91 Å². The first kappa shape index (κ1) is 17.4. The van der Waals surface area contributed by atoms with Crippen LogP contribution in [0.4, 0.5) is 0 Å². The predicted molar refractivity (Wildman–Crippen MR) is 98.3 cm³/mol. The molecule has 1 amide bonds. The van der Waals surface area contributed by atoms with E-state index in [1.807, 2.05) is 29.8 Å². The quantitative estimate of drug-likeness (QED) is 0.710. The van der Waals surface area contributed by atoms with Gasteiger partial charge in [-0.3, -0.25) is 4.79 Å². The van der Waals surface area contributed by atoms with Gasteiger partial charge in [-0.25, -0.2) is 14.6 Å². The van der Waals surface area contributed by atoms with Crippen LogP contribution in [-0.4, -0.2) is 47.5 Å². The fourth-order valence-electron chi connectivity index (χ4n) is 3.75. The Kier molecular flexibility index (Phi) is 4.72. The summed E-state index contributed by atoms with van der Waals surface area (Å²) in [7, 11) is 0. The van der Waals surface area contributed by atoms with Crippen molar-refractivity contribution in [2.24, 2.45) is 5.92 Å². The van der Waals surface area contributed by atoms with Crippen LogP contribution in [0, 0.1) is 12.8 Å². The Labute approximate surface area is 156 Å². The second-order valence-corrected chi connectivity index (χ2v) is 7.08. The molecule has 2 heterocycles. The van der Waals surface area contributed by atoms with Crippen molar-refractivity contribution in [2.45, 2.75) is 38.5 Å². The van der Waals surface area contributed by atoms with Crippen LogP contribution in [-0.2, 0) is 6.54 Å². The molecule has 0 radical (unpaired) electrons. The SMILES string of the molecule is Cc1cc(-n2cncn2)ccc1C(=O)N[C@@H]1CC(Cn2ccnc2)C[C@H]1O. The zero-order valence-electron chi connectivity index (χ0n) is 15.1. The highest BCUT2D eigenvalue weighted by Gasteiger charge is 2.34. The summed E-state index contributed by atoms with van der Waals surface area (Å²) < 4.78 is 3.66. The van der Waals surface area contributed by atoms with Crippen LogP contribution in [0.15, 0.2) is 49.6 Å². The molecule has 0 bridgehead atoms. The van der Waals surface area contributed by atoms with Gasteiger partial charge in [0.25, 0.3) is 5.91 Å². The minimum absolute atomic E-state index is 0.162. The van der Waals surface area contributed by atoms with E-state index in [0.29, 0.717) is 17.9 Å². The van der Waals surface area contributed by atoms with Gasteiger partial charge in [0.2, 0.25) is 0 Å². The van der Waals surface area contributed by atoms with E-state index in [-0.39, 0.29) is 11.9 Å². The van der Waals surface area contributed by atoms with Crippen LogP contribution in [0.3, 0.4) is 0 Å². The van der Waals surface area contributed by atoms with Gasteiger partial charge in [0.1, 0.15) is 12.7 Å². The molecule has 3 aromatic rings. The Hall–Kier alpha value is -3.00. The number of carbonyl (C=O) groups is 1. The molecule has 1 aromatic carbocycles. The first-order valence-corrected chi connectivity index (χ1v) is 9.00. The predicted octanol–water partition coefficient (Wildman–Crippen LogP) is 1.34. The molecule has 2 aromatic heterocycles. The smallest absolute Gasteiger partial charge is 0.251 e. The van der Waals surface area contributed by atoms with E-state index in [2.05, 4.69) is 20.4 Å². The molecule has 4 rings (SSSR count). The minimum atomic E-state index is -0.530. The van der Waals surface area contributed by atoms with E-state index >= 15 is 0 Å². The molecule has 8 heteroatoms. The summed E-state index contributed by atoms with van der Waals surface area (Å²) in [4.78, 5) is 20.7. The highest BCUT2D eigenvalue weighted by Crippen LogP contribution is 2.28. The molecular weight excluding hydrogens is 344 g/mol. The summed E-state index contributed by atoms with van der Waals surface area (Å²) in [5.74, 6) is 0.153. The van der Waals surface area contributed by atoms with Gasteiger partial charge >= 0.3 is 0 Å². The molecule has 1 fully saturated rings. The summed E-state index contributed by atoms with van der Waals surface area (Å²) in [6.45, 7) is 2.69. The number of nitrogens with zero attached hydrogens (tertiary/aromatic N) is 5. The Morgan fingerprint density at radius 1 is 1.30 bits per heavy atom. The van der Waals surface area contributed by atoms with E-state index in [1.54, 1.807) is 29.6 Å². The van der Waals surface area contributed by atoms with E-state index < -0.39 is 6.10 Å². The number of carbonyl (C=O) groups excluding carboxylic acids is 1. The largest absolute Gasteiger partial charge is 0.391 e. The molecule has 1 aliphatic carbocycles. The van der Waals surface area contributed by atoms with E-state index in [1.165, 1.54) is 6.33 Å². The van der Waals surface area contributed by atoms with Gasteiger partial charge in [0, 0.05) is 24.5 Å². The topological polar surface area (TPSA) is 97.9 Å². The van der Waals surface area contributed by atoms with Crippen molar-refractivity contribution in [1.82, 2.24) is 29.6 Å². The second-order valence-electron chi connectivity index (χ2n) is 7.08. The zero-order valence-corrected chi connectivity index (χ0v) is 15.1. The van der Waals surface area contributed by atoms with Gasteiger partial charge in [-0.1, -0.05) is 0 Å². The number of aliphatic hydroxyl groups excluding tert-OH is 1. The number of nitrogens with one attached hydrogen (secondary N) is 1. The van der Waals surface area contributed by atoms with E-state index in [0.717, 1.165) is 24.2 Å². The number of aliphatic hydroxyl groups is 1. The Bertz CT molecular complexity index is 906. The molecule has 8 nitrogen and oxygen atoms in total. The van der Waals surface area contributed by atoms with Crippen LogP contribution in [0.2, 0.25) is 0 Å². The Balaban J connectivity index is 1.41. The van der Waals surface area contributed by atoms with Gasteiger partial charge in [-0.2, -0.15) is 5.10 Å². The standard InChI is InChI=1S/C19H22N6O2/c1-13-6-15(25-12-21-10-22-25)2-3-16(13)19(27)23-17-7-14(8-18(17)26)9-24-5-4-20-11-24/h2-6,10-12,14,17-18,26H,7-9H2,1H3,(H,23,27)/t14?,17-,18-/m1/s1. The molecule has 3 atom stereocenters. The normalized spacial score (nSPS) is 22.1. The summed E-state index contributed by atoms with van der Waals surface area (Å²) >= 11 is 0. The third-order valence-corrected chi connectivity index (χ3v) is 5.11. The molecule has 1 saturated carbocycles. The lowest BCUT2D eigenvalue weighted by atomic mass is 10.1. The first-order chi connectivity index (χ1) is 13.1. The number of imidazole rings is 1. The molecule has 1 unspecified atom stereocenters. The first-order valence-electron chi connectivity index (χ1n) is 9.00. The number of aryl methyl sites for hydroxylation is 1. The number of hydrogen-bond donors (Lipinski definition) is 2. The number of aromatic nitrogens is 5. The minimum Gasteiger partial charge on any atom is -0.391 e. The molecule has 0 aliphatic heterocycles. The van der Waals surface area contributed by atoms with E-state index in [4.69, 9.17) is 0 Å². The van der Waals surface area contributed by atoms with E-state index in [9.17, 15) is 9.90 Å². The summed E-state index contributed by atoms with van der Waals surface area (Å²) in [6.07, 6.45) is 9.42. The molecular formula is C19H22N6O2. The maximum atomic E-state index is 12.7. The van der Waals surface area contributed by atoms with Crippen LogP contribution in [0.1, 0.15) is 28.8 Å². The molecule has 0 spiro atoms. The Morgan fingerprint density at radius 2 is 2.19 bits per heavy atom. The molecule has 1 aliphatic rings.